The zero-order valence-corrected chi connectivity index (χ0v) is 11.3. The van der Waals surface area contributed by atoms with Gasteiger partial charge in [-0.15, -0.1) is 0 Å². The topological polar surface area (TPSA) is 94.3 Å². The van der Waals surface area contributed by atoms with E-state index < -0.39 is 4.92 Å². The van der Waals surface area contributed by atoms with E-state index in [1.807, 2.05) is 0 Å². The lowest BCUT2D eigenvalue weighted by atomic mass is 10.3. The summed E-state index contributed by atoms with van der Waals surface area (Å²) in [5, 5.41) is 10.7. The average Bonchev–Trinajstić information content (AvgIpc) is 2.38. The summed E-state index contributed by atoms with van der Waals surface area (Å²) in [4.78, 5) is 24.2. The van der Waals surface area contributed by atoms with Crippen molar-refractivity contribution in [2.24, 2.45) is 0 Å². The molecule has 0 N–H and O–H groups in total. The molecule has 0 aliphatic heterocycles. The van der Waals surface area contributed by atoms with Crippen molar-refractivity contribution in [3.8, 4) is 11.8 Å². The molecule has 0 spiro atoms. The third-order valence-corrected chi connectivity index (χ3v) is 2.35. The molecule has 8 heteroatoms. The first-order valence-electron chi connectivity index (χ1n) is 5.78. The molecule has 8 nitrogen and oxygen atoms in total. The Labute approximate surface area is 115 Å². The molecule has 0 saturated carbocycles. The minimum absolute atomic E-state index is 0.0545. The van der Waals surface area contributed by atoms with E-state index in [0.29, 0.717) is 17.5 Å². The number of ether oxygens (including phenoxy) is 1. The van der Waals surface area contributed by atoms with Crippen molar-refractivity contribution in [3.63, 3.8) is 0 Å². The maximum absolute atomic E-state index is 10.7. The van der Waals surface area contributed by atoms with Crippen LogP contribution in [0.5, 0.6) is 11.8 Å². The van der Waals surface area contributed by atoms with E-state index in [4.69, 9.17) is 4.74 Å². The van der Waals surface area contributed by atoms with E-state index in [1.54, 1.807) is 32.0 Å². The van der Waals surface area contributed by atoms with Gasteiger partial charge in [-0.25, -0.2) is 0 Å². The molecule has 2 rings (SSSR count). The molecule has 20 heavy (non-hydrogen) atoms. The number of benzene rings is 1. The van der Waals surface area contributed by atoms with Gasteiger partial charge in [0.2, 0.25) is 5.95 Å². The number of rotatable bonds is 4. The number of aromatic nitrogens is 3. The van der Waals surface area contributed by atoms with Gasteiger partial charge in [-0.05, 0) is 13.0 Å². The predicted molar refractivity (Wildman–Crippen MR) is 72.1 cm³/mol. The fraction of sp³-hybridized carbons (Fsp3) is 0.250. The second kappa shape index (κ2) is 5.47. The SMILES string of the molecule is Cc1nc(Oc2cccc([N+](=O)[O-])c2)nc(N(C)C)n1. The van der Waals surface area contributed by atoms with E-state index >= 15 is 0 Å². The normalized spacial score (nSPS) is 10.2. The van der Waals surface area contributed by atoms with Crippen molar-refractivity contribution in [2.45, 2.75) is 6.92 Å². The summed E-state index contributed by atoms with van der Waals surface area (Å²) in [7, 11) is 3.60. The van der Waals surface area contributed by atoms with Crippen molar-refractivity contribution < 1.29 is 9.66 Å². The predicted octanol–water partition coefficient (Wildman–Crippen LogP) is 1.95. The first kappa shape index (κ1) is 13.7. The van der Waals surface area contributed by atoms with Crippen LogP contribution >= 0.6 is 0 Å². The maximum Gasteiger partial charge on any atom is 0.327 e. The summed E-state index contributed by atoms with van der Waals surface area (Å²) in [6.07, 6.45) is 0. The van der Waals surface area contributed by atoms with Crippen LogP contribution in [-0.4, -0.2) is 34.0 Å². The maximum atomic E-state index is 10.7. The largest absolute Gasteiger partial charge is 0.424 e. The van der Waals surface area contributed by atoms with Crippen LogP contribution in [0.15, 0.2) is 24.3 Å². The van der Waals surface area contributed by atoms with Gasteiger partial charge in [-0.2, -0.15) is 15.0 Å². The molecule has 0 amide bonds. The van der Waals surface area contributed by atoms with Gasteiger partial charge in [0, 0.05) is 20.2 Å². The first-order chi connectivity index (χ1) is 9.45. The quantitative estimate of drug-likeness (QED) is 0.621. The van der Waals surface area contributed by atoms with Crippen LogP contribution in [0.1, 0.15) is 5.82 Å². The summed E-state index contributed by atoms with van der Waals surface area (Å²) in [6, 6.07) is 5.93. The van der Waals surface area contributed by atoms with E-state index in [2.05, 4.69) is 15.0 Å². The highest BCUT2D eigenvalue weighted by molar-refractivity contribution is 5.39. The number of anilines is 1. The summed E-state index contributed by atoms with van der Waals surface area (Å²) in [5.74, 6) is 1.26. The summed E-state index contributed by atoms with van der Waals surface area (Å²) >= 11 is 0. The van der Waals surface area contributed by atoms with Gasteiger partial charge in [0.15, 0.2) is 0 Å². The van der Waals surface area contributed by atoms with Crippen LogP contribution in [0.4, 0.5) is 11.6 Å². The number of nitro benzene ring substituents is 1. The van der Waals surface area contributed by atoms with Gasteiger partial charge in [-0.1, -0.05) is 6.07 Å². The molecule has 2 aromatic rings. The van der Waals surface area contributed by atoms with Gasteiger partial charge in [0.1, 0.15) is 11.6 Å². The van der Waals surface area contributed by atoms with Crippen LogP contribution in [0.25, 0.3) is 0 Å². The van der Waals surface area contributed by atoms with Crippen molar-refractivity contribution >= 4 is 11.6 Å². The summed E-state index contributed by atoms with van der Waals surface area (Å²) in [6.45, 7) is 1.72. The minimum atomic E-state index is -0.489. The number of nitro groups is 1. The highest BCUT2D eigenvalue weighted by Gasteiger charge is 2.10. The lowest BCUT2D eigenvalue weighted by Gasteiger charge is -2.11. The van der Waals surface area contributed by atoms with Crippen LogP contribution in [0.2, 0.25) is 0 Å². The zero-order valence-electron chi connectivity index (χ0n) is 11.3. The molecule has 0 aliphatic rings. The van der Waals surface area contributed by atoms with E-state index in [1.165, 1.54) is 18.2 Å². The minimum Gasteiger partial charge on any atom is -0.424 e. The fourth-order valence-corrected chi connectivity index (χ4v) is 1.46. The van der Waals surface area contributed by atoms with Crippen molar-refractivity contribution in [2.75, 3.05) is 19.0 Å². The Morgan fingerprint density at radius 3 is 2.65 bits per heavy atom. The number of hydrogen-bond acceptors (Lipinski definition) is 7. The third-order valence-electron chi connectivity index (χ3n) is 2.35. The van der Waals surface area contributed by atoms with Gasteiger partial charge in [-0.3, -0.25) is 10.1 Å². The van der Waals surface area contributed by atoms with E-state index in [-0.39, 0.29) is 11.7 Å². The van der Waals surface area contributed by atoms with Crippen molar-refractivity contribution in [1.82, 2.24) is 15.0 Å². The van der Waals surface area contributed by atoms with Crippen LogP contribution in [0, 0.1) is 17.0 Å². The van der Waals surface area contributed by atoms with Gasteiger partial charge in [0.25, 0.3) is 5.69 Å². The third kappa shape index (κ3) is 3.16. The molecule has 0 aliphatic carbocycles. The monoisotopic (exact) mass is 275 g/mol. The Bertz CT molecular complexity index is 645. The van der Waals surface area contributed by atoms with Gasteiger partial charge >= 0.3 is 6.01 Å². The molecule has 104 valence electrons. The molecule has 0 bridgehead atoms. The van der Waals surface area contributed by atoms with Gasteiger partial charge in [0.05, 0.1) is 11.0 Å². The Balaban J connectivity index is 2.30. The summed E-state index contributed by atoms with van der Waals surface area (Å²) in [5.41, 5.74) is -0.0545. The van der Waals surface area contributed by atoms with Gasteiger partial charge < -0.3 is 9.64 Å². The number of nitrogens with zero attached hydrogens (tertiary/aromatic N) is 5. The Kier molecular flexibility index (Phi) is 3.74. The number of non-ortho nitro benzene ring substituents is 1. The first-order valence-corrected chi connectivity index (χ1v) is 5.78. The average molecular weight is 275 g/mol. The second-order valence-corrected chi connectivity index (χ2v) is 4.22. The van der Waals surface area contributed by atoms with Crippen molar-refractivity contribution in [3.05, 3.63) is 40.2 Å². The number of aryl methyl sites for hydroxylation is 1. The lowest BCUT2D eigenvalue weighted by Crippen LogP contribution is -2.14. The molecule has 1 aromatic heterocycles. The van der Waals surface area contributed by atoms with Crippen LogP contribution in [0.3, 0.4) is 0 Å². The Morgan fingerprint density at radius 1 is 1.25 bits per heavy atom. The molecular formula is C12H13N5O3. The van der Waals surface area contributed by atoms with Crippen LogP contribution < -0.4 is 9.64 Å². The Morgan fingerprint density at radius 2 is 2.00 bits per heavy atom. The number of hydrogen-bond donors (Lipinski definition) is 0. The molecule has 0 fully saturated rings. The zero-order chi connectivity index (χ0) is 14.7. The van der Waals surface area contributed by atoms with E-state index in [9.17, 15) is 10.1 Å². The standard InChI is InChI=1S/C12H13N5O3/c1-8-13-11(16(2)3)15-12(14-8)20-10-6-4-5-9(7-10)17(18)19/h4-7H,1-3H3. The highest BCUT2D eigenvalue weighted by Crippen LogP contribution is 2.23. The molecule has 0 radical (unpaired) electrons. The lowest BCUT2D eigenvalue weighted by molar-refractivity contribution is -0.384. The molecule has 1 aromatic carbocycles. The second-order valence-electron chi connectivity index (χ2n) is 4.22. The summed E-state index contributed by atoms with van der Waals surface area (Å²) < 4.78 is 5.45. The molecule has 0 atom stereocenters. The van der Waals surface area contributed by atoms with Crippen molar-refractivity contribution in [1.29, 1.82) is 0 Å². The smallest absolute Gasteiger partial charge is 0.327 e. The fourth-order valence-electron chi connectivity index (χ4n) is 1.46. The van der Waals surface area contributed by atoms with E-state index in [0.717, 1.165) is 0 Å². The molecule has 0 saturated heterocycles. The van der Waals surface area contributed by atoms with Crippen LogP contribution in [-0.2, 0) is 0 Å². The molecular weight excluding hydrogens is 262 g/mol. The molecule has 0 unspecified atom stereocenters. The highest BCUT2D eigenvalue weighted by atomic mass is 16.6. The Hall–Kier alpha value is -2.77. The molecule has 1 heterocycles.